The molecule has 5 nitrogen and oxygen atoms in total. The first-order valence-corrected chi connectivity index (χ1v) is 8.29. The second kappa shape index (κ2) is 5.02. The molecule has 3 rings (SSSR count). The quantitative estimate of drug-likeness (QED) is 0.892. The van der Waals surface area contributed by atoms with Gasteiger partial charge in [0.25, 0.3) is 5.91 Å². The third-order valence-corrected chi connectivity index (χ3v) is 5.72. The highest BCUT2D eigenvalue weighted by Gasteiger charge is 2.41. The number of hydrogen-bond donors (Lipinski definition) is 2. The number of thiophene rings is 1. The standard InChI is InChI=1S/C15H22N4OS/c1-4-5-15(6-7-15)8-17-13(20)12-11(16)10-9(2)18-19(3)14(10)21-12/h4-8,16H2,1-3H3,(H,17,20). The van der Waals surface area contributed by atoms with Crippen molar-refractivity contribution in [2.24, 2.45) is 12.5 Å². The molecule has 0 unspecified atom stereocenters. The van der Waals surface area contributed by atoms with Gasteiger partial charge in [-0.3, -0.25) is 9.48 Å². The normalized spacial score (nSPS) is 16.3. The number of anilines is 1. The Balaban J connectivity index is 1.79. The lowest BCUT2D eigenvalue weighted by atomic mass is 10.0. The molecule has 0 aliphatic heterocycles. The van der Waals surface area contributed by atoms with Crippen molar-refractivity contribution in [2.75, 3.05) is 12.3 Å². The Hall–Kier alpha value is -1.56. The van der Waals surface area contributed by atoms with Gasteiger partial charge in [-0.15, -0.1) is 11.3 Å². The van der Waals surface area contributed by atoms with E-state index in [9.17, 15) is 4.79 Å². The molecule has 2 aromatic heterocycles. The van der Waals surface area contributed by atoms with E-state index in [1.165, 1.54) is 37.0 Å². The minimum atomic E-state index is -0.0459. The van der Waals surface area contributed by atoms with Crippen molar-refractivity contribution >= 4 is 33.1 Å². The second-order valence-corrected chi connectivity index (χ2v) is 7.17. The van der Waals surface area contributed by atoms with E-state index in [0.29, 0.717) is 16.0 Å². The van der Waals surface area contributed by atoms with E-state index in [-0.39, 0.29) is 5.91 Å². The molecule has 1 saturated carbocycles. The van der Waals surface area contributed by atoms with Gasteiger partial charge in [-0.2, -0.15) is 5.10 Å². The summed E-state index contributed by atoms with van der Waals surface area (Å²) in [4.78, 5) is 14.0. The van der Waals surface area contributed by atoms with Crippen molar-refractivity contribution in [3.63, 3.8) is 0 Å². The monoisotopic (exact) mass is 306 g/mol. The van der Waals surface area contributed by atoms with Gasteiger partial charge < -0.3 is 11.1 Å². The molecule has 0 bridgehead atoms. The lowest BCUT2D eigenvalue weighted by molar-refractivity contribution is 0.0948. The van der Waals surface area contributed by atoms with Gasteiger partial charge >= 0.3 is 0 Å². The Bertz CT molecular complexity index is 696. The van der Waals surface area contributed by atoms with Gasteiger partial charge in [-0.1, -0.05) is 13.3 Å². The summed E-state index contributed by atoms with van der Waals surface area (Å²) in [5.41, 5.74) is 7.97. The number of aryl methyl sites for hydroxylation is 2. The van der Waals surface area contributed by atoms with Crippen LogP contribution < -0.4 is 11.1 Å². The Kier molecular flexibility index (Phi) is 3.43. The summed E-state index contributed by atoms with van der Waals surface area (Å²) in [6.07, 6.45) is 4.82. The average Bonchev–Trinajstić information content (AvgIpc) is 3.02. The van der Waals surface area contributed by atoms with Crippen LogP contribution in [0.25, 0.3) is 10.2 Å². The minimum Gasteiger partial charge on any atom is -0.397 e. The first kappa shape index (κ1) is 14.4. The Morgan fingerprint density at radius 2 is 2.24 bits per heavy atom. The maximum Gasteiger partial charge on any atom is 0.263 e. The first-order chi connectivity index (χ1) is 9.97. The molecule has 1 aliphatic carbocycles. The molecule has 1 aliphatic rings. The Labute approximate surface area is 128 Å². The highest BCUT2D eigenvalue weighted by Crippen LogP contribution is 2.49. The van der Waals surface area contributed by atoms with Gasteiger partial charge in [0, 0.05) is 13.6 Å². The van der Waals surface area contributed by atoms with Gasteiger partial charge in [-0.25, -0.2) is 0 Å². The largest absolute Gasteiger partial charge is 0.397 e. The smallest absolute Gasteiger partial charge is 0.263 e. The van der Waals surface area contributed by atoms with E-state index in [1.54, 1.807) is 4.68 Å². The van der Waals surface area contributed by atoms with E-state index in [2.05, 4.69) is 17.3 Å². The van der Waals surface area contributed by atoms with Crippen LogP contribution in [0.1, 0.15) is 48.0 Å². The summed E-state index contributed by atoms with van der Waals surface area (Å²) in [5.74, 6) is -0.0459. The number of nitrogen functional groups attached to an aromatic ring is 1. The molecule has 1 amide bonds. The molecular formula is C15H22N4OS. The molecule has 0 aromatic carbocycles. The van der Waals surface area contributed by atoms with Crippen molar-refractivity contribution in [1.29, 1.82) is 0 Å². The second-order valence-electron chi connectivity index (χ2n) is 6.17. The molecule has 6 heteroatoms. The lowest BCUT2D eigenvalue weighted by Gasteiger charge is -2.14. The molecule has 114 valence electrons. The van der Waals surface area contributed by atoms with Gasteiger partial charge in [0.05, 0.1) is 16.8 Å². The SMILES string of the molecule is CCCC1(CNC(=O)c2sc3c(c(C)nn3C)c2N)CC1. The predicted octanol–water partition coefficient (Wildman–Crippen LogP) is 2.84. The molecule has 3 N–H and O–H groups in total. The number of carbonyl (C=O) groups excluding carboxylic acids is 1. The lowest BCUT2D eigenvalue weighted by Crippen LogP contribution is -2.30. The summed E-state index contributed by atoms with van der Waals surface area (Å²) in [6, 6.07) is 0. The van der Waals surface area contributed by atoms with Crippen molar-refractivity contribution < 1.29 is 4.79 Å². The van der Waals surface area contributed by atoms with Crippen LogP contribution in [0.15, 0.2) is 0 Å². The number of nitrogens with one attached hydrogen (secondary N) is 1. The predicted molar refractivity (Wildman–Crippen MR) is 86.6 cm³/mol. The van der Waals surface area contributed by atoms with Gasteiger partial charge in [0.2, 0.25) is 0 Å². The van der Waals surface area contributed by atoms with Crippen molar-refractivity contribution in [3.8, 4) is 0 Å². The van der Waals surface area contributed by atoms with Gasteiger partial charge in [0.1, 0.15) is 9.71 Å². The molecule has 0 radical (unpaired) electrons. The van der Waals surface area contributed by atoms with Crippen molar-refractivity contribution in [3.05, 3.63) is 10.6 Å². The fourth-order valence-corrected chi connectivity index (χ4v) is 4.17. The number of nitrogens with two attached hydrogens (primary N) is 1. The topological polar surface area (TPSA) is 72.9 Å². The third kappa shape index (κ3) is 2.41. The summed E-state index contributed by atoms with van der Waals surface area (Å²) in [5, 5.41) is 8.34. The molecule has 0 spiro atoms. The summed E-state index contributed by atoms with van der Waals surface area (Å²) < 4.78 is 1.79. The van der Waals surface area contributed by atoms with Crippen LogP contribution in [0.2, 0.25) is 0 Å². The molecule has 0 atom stereocenters. The van der Waals surface area contributed by atoms with E-state index in [0.717, 1.165) is 22.5 Å². The number of fused-ring (bicyclic) bond motifs is 1. The van der Waals surface area contributed by atoms with E-state index < -0.39 is 0 Å². The highest BCUT2D eigenvalue weighted by molar-refractivity contribution is 7.21. The Morgan fingerprint density at radius 1 is 1.52 bits per heavy atom. The van der Waals surface area contributed by atoms with Crippen LogP contribution in [-0.4, -0.2) is 22.2 Å². The van der Waals surface area contributed by atoms with E-state index in [1.807, 2.05) is 14.0 Å². The van der Waals surface area contributed by atoms with Crippen LogP contribution in [-0.2, 0) is 7.05 Å². The summed E-state index contributed by atoms with van der Waals surface area (Å²) >= 11 is 1.43. The van der Waals surface area contributed by atoms with Crippen molar-refractivity contribution in [1.82, 2.24) is 15.1 Å². The number of amides is 1. The zero-order valence-corrected chi connectivity index (χ0v) is 13.6. The average molecular weight is 306 g/mol. The van der Waals surface area contributed by atoms with Gasteiger partial charge in [-0.05, 0) is 31.6 Å². The number of carbonyl (C=O) groups is 1. The molecule has 2 aromatic rings. The zero-order valence-electron chi connectivity index (χ0n) is 12.8. The van der Waals surface area contributed by atoms with Crippen LogP contribution in [0, 0.1) is 12.3 Å². The maximum atomic E-state index is 12.4. The third-order valence-electron chi connectivity index (χ3n) is 4.45. The highest BCUT2D eigenvalue weighted by atomic mass is 32.1. The first-order valence-electron chi connectivity index (χ1n) is 7.47. The number of hydrogen-bond acceptors (Lipinski definition) is 4. The number of rotatable bonds is 5. The fourth-order valence-electron chi connectivity index (χ4n) is 3.07. The summed E-state index contributed by atoms with van der Waals surface area (Å²) in [6.45, 7) is 4.89. The molecule has 21 heavy (non-hydrogen) atoms. The molecule has 2 heterocycles. The number of nitrogens with zero attached hydrogens (tertiary/aromatic N) is 2. The molecule has 1 fully saturated rings. The van der Waals surface area contributed by atoms with Crippen LogP contribution in [0.3, 0.4) is 0 Å². The van der Waals surface area contributed by atoms with Crippen LogP contribution in [0.5, 0.6) is 0 Å². The zero-order chi connectivity index (χ0) is 15.2. The fraction of sp³-hybridized carbons (Fsp3) is 0.600. The van der Waals surface area contributed by atoms with E-state index in [4.69, 9.17) is 5.73 Å². The van der Waals surface area contributed by atoms with Gasteiger partial charge in [0.15, 0.2) is 0 Å². The molecule has 0 saturated heterocycles. The number of aromatic nitrogens is 2. The van der Waals surface area contributed by atoms with Crippen molar-refractivity contribution in [2.45, 2.75) is 39.5 Å². The maximum absolute atomic E-state index is 12.4. The van der Waals surface area contributed by atoms with Crippen LogP contribution >= 0.6 is 11.3 Å². The Morgan fingerprint density at radius 3 is 2.81 bits per heavy atom. The van der Waals surface area contributed by atoms with Crippen LogP contribution in [0.4, 0.5) is 5.69 Å². The summed E-state index contributed by atoms with van der Waals surface area (Å²) in [7, 11) is 1.88. The minimum absolute atomic E-state index is 0.0459. The molecular weight excluding hydrogens is 284 g/mol. The van der Waals surface area contributed by atoms with E-state index >= 15 is 0 Å².